The monoisotopic (exact) mass is 225 g/mol. The van der Waals surface area contributed by atoms with Gasteiger partial charge in [-0.25, -0.2) is 4.98 Å². The first kappa shape index (κ1) is 12.9. The SMILES string of the molecule is COCC(O)CN(C)Cc1ccnc(N)c1. The molecule has 90 valence electrons. The maximum atomic E-state index is 9.55. The van der Waals surface area contributed by atoms with Crippen LogP contribution in [0.1, 0.15) is 5.56 Å². The zero-order chi connectivity index (χ0) is 12.0. The van der Waals surface area contributed by atoms with Gasteiger partial charge in [-0.2, -0.15) is 0 Å². The summed E-state index contributed by atoms with van der Waals surface area (Å²) in [7, 11) is 3.52. The normalized spacial score (nSPS) is 13.0. The molecular formula is C11H19N3O2. The van der Waals surface area contributed by atoms with E-state index in [1.54, 1.807) is 13.3 Å². The first-order chi connectivity index (χ1) is 7.61. The second-order valence-corrected chi connectivity index (χ2v) is 3.89. The number of aliphatic hydroxyl groups excluding tert-OH is 1. The van der Waals surface area contributed by atoms with Crippen LogP contribution in [0.5, 0.6) is 0 Å². The molecular weight excluding hydrogens is 206 g/mol. The van der Waals surface area contributed by atoms with Gasteiger partial charge in [-0.15, -0.1) is 0 Å². The minimum Gasteiger partial charge on any atom is -0.389 e. The first-order valence-corrected chi connectivity index (χ1v) is 5.17. The van der Waals surface area contributed by atoms with Gasteiger partial charge in [-0.05, 0) is 24.7 Å². The Morgan fingerprint density at radius 3 is 3.00 bits per heavy atom. The van der Waals surface area contributed by atoms with Crippen LogP contribution < -0.4 is 5.73 Å². The number of nitrogens with zero attached hydrogens (tertiary/aromatic N) is 2. The Morgan fingerprint density at radius 2 is 2.38 bits per heavy atom. The Balaban J connectivity index is 2.42. The van der Waals surface area contributed by atoms with Gasteiger partial charge in [0.15, 0.2) is 0 Å². The van der Waals surface area contributed by atoms with Crippen molar-refractivity contribution in [2.75, 3.05) is 33.0 Å². The minimum atomic E-state index is -0.464. The van der Waals surface area contributed by atoms with Crippen molar-refractivity contribution < 1.29 is 9.84 Å². The number of likely N-dealkylation sites (N-methyl/N-ethyl adjacent to an activating group) is 1. The Bertz CT molecular complexity index is 320. The molecule has 1 aromatic heterocycles. The fourth-order valence-corrected chi connectivity index (χ4v) is 1.57. The zero-order valence-corrected chi connectivity index (χ0v) is 9.76. The first-order valence-electron chi connectivity index (χ1n) is 5.17. The number of pyridine rings is 1. The van der Waals surface area contributed by atoms with E-state index >= 15 is 0 Å². The lowest BCUT2D eigenvalue weighted by atomic mass is 10.2. The van der Waals surface area contributed by atoms with Gasteiger partial charge in [-0.3, -0.25) is 4.90 Å². The maximum Gasteiger partial charge on any atom is 0.123 e. The Hall–Kier alpha value is -1.17. The third-order valence-corrected chi connectivity index (χ3v) is 2.18. The van der Waals surface area contributed by atoms with Crippen LogP contribution in [-0.4, -0.2) is 48.4 Å². The molecule has 0 amide bonds. The van der Waals surface area contributed by atoms with Gasteiger partial charge in [-0.1, -0.05) is 0 Å². The van der Waals surface area contributed by atoms with Crippen molar-refractivity contribution in [3.8, 4) is 0 Å². The number of nitrogen functional groups attached to an aromatic ring is 1. The summed E-state index contributed by atoms with van der Waals surface area (Å²) >= 11 is 0. The van der Waals surface area contributed by atoms with Gasteiger partial charge in [0.25, 0.3) is 0 Å². The fraction of sp³-hybridized carbons (Fsp3) is 0.545. The van der Waals surface area contributed by atoms with E-state index < -0.39 is 6.10 Å². The third kappa shape index (κ3) is 4.57. The number of rotatable bonds is 6. The molecule has 0 bridgehead atoms. The quantitative estimate of drug-likeness (QED) is 0.718. The molecule has 0 spiro atoms. The molecule has 1 aromatic rings. The molecule has 0 aromatic carbocycles. The van der Waals surface area contributed by atoms with Crippen LogP contribution in [0.4, 0.5) is 5.82 Å². The molecule has 0 aliphatic carbocycles. The van der Waals surface area contributed by atoms with Gasteiger partial charge < -0.3 is 15.6 Å². The van der Waals surface area contributed by atoms with Gasteiger partial charge >= 0.3 is 0 Å². The van der Waals surface area contributed by atoms with Crippen LogP contribution in [0.25, 0.3) is 0 Å². The highest BCUT2D eigenvalue weighted by Crippen LogP contribution is 2.06. The number of hydrogen-bond donors (Lipinski definition) is 2. The predicted molar refractivity (Wildman–Crippen MR) is 62.9 cm³/mol. The summed E-state index contributed by atoms with van der Waals surface area (Å²) in [4.78, 5) is 5.94. The molecule has 0 fully saturated rings. The number of methoxy groups -OCH3 is 1. The topological polar surface area (TPSA) is 71.6 Å². The van der Waals surface area contributed by atoms with Crippen LogP contribution in [0.3, 0.4) is 0 Å². The number of nitrogens with two attached hydrogens (primary N) is 1. The molecule has 0 saturated carbocycles. The standard InChI is InChI=1S/C11H19N3O2/c1-14(7-10(15)8-16-2)6-9-3-4-13-11(12)5-9/h3-5,10,15H,6-8H2,1-2H3,(H2,12,13). The summed E-state index contributed by atoms with van der Waals surface area (Å²) in [5.74, 6) is 0.517. The van der Waals surface area contributed by atoms with E-state index in [0.29, 0.717) is 19.0 Å². The molecule has 1 atom stereocenters. The Morgan fingerprint density at radius 1 is 1.62 bits per heavy atom. The van der Waals surface area contributed by atoms with E-state index in [2.05, 4.69) is 4.98 Å². The van der Waals surface area contributed by atoms with Crippen molar-refractivity contribution in [3.05, 3.63) is 23.9 Å². The van der Waals surface area contributed by atoms with Gasteiger partial charge in [0.2, 0.25) is 0 Å². The second-order valence-electron chi connectivity index (χ2n) is 3.89. The predicted octanol–water partition coefficient (Wildman–Crippen LogP) is 0.103. The van der Waals surface area contributed by atoms with Crippen molar-refractivity contribution in [2.45, 2.75) is 12.6 Å². The second kappa shape index (κ2) is 6.42. The molecule has 5 nitrogen and oxygen atoms in total. The third-order valence-electron chi connectivity index (χ3n) is 2.18. The average Bonchev–Trinajstić information content (AvgIpc) is 2.17. The molecule has 3 N–H and O–H groups in total. The van der Waals surface area contributed by atoms with E-state index in [9.17, 15) is 5.11 Å². The molecule has 1 unspecified atom stereocenters. The molecule has 0 radical (unpaired) electrons. The van der Waals surface area contributed by atoms with E-state index in [0.717, 1.165) is 12.1 Å². The number of aliphatic hydroxyl groups is 1. The van der Waals surface area contributed by atoms with Crippen molar-refractivity contribution >= 4 is 5.82 Å². The number of anilines is 1. The van der Waals surface area contributed by atoms with E-state index in [1.165, 1.54) is 0 Å². The Kier molecular flexibility index (Phi) is 5.18. The lowest BCUT2D eigenvalue weighted by molar-refractivity contribution is 0.0419. The van der Waals surface area contributed by atoms with Crippen LogP contribution in [0.2, 0.25) is 0 Å². The van der Waals surface area contributed by atoms with Crippen LogP contribution in [0, 0.1) is 0 Å². The molecule has 1 rings (SSSR count). The number of ether oxygens (including phenoxy) is 1. The Labute approximate surface area is 95.8 Å². The largest absolute Gasteiger partial charge is 0.389 e. The summed E-state index contributed by atoms with van der Waals surface area (Å²) < 4.78 is 4.87. The lowest BCUT2D eigenvalue weighted by Crippen LogP contribution is -2.31. The average molecular weight is 225 g/mol. The summed E-state index contributed by atoms with van der Waals surface area (Å²) in [5, 5.41) is 9.55. The number of hydrogen-bond acceptors (Lipinski definition) is 5. The fourth-order valence-electron chi connectivity index (χ4n) is 1.57. The molecule has 16 heavy (non-hydrogen) atoms. The smallest absolute Gasteiger partial charge is 0.123 e. The zero-order valence-electron chi connectivity index (χ0n) is 9.76. The molecule has 0 saturated heterocycles. The number of aromatic nitrogens is 1. The van der Waals surface area contributed by atoms with Crippen molar-refractivity contribution in [3.63, 3.8) is 0 Å². The van der Waals surface area contributed by atoms with E-state index in [4.69, 9.17) is 10.5 Å². The maximum absolute atomic E-state index is 9.55. The van der Waals surface area contributed by atoms with Crippen LogP contribution >= 0.6 is 0 Å². The molecule has 0 aliphatic rings. The molecule has 0 aliphatic heterocycles. The highest BCUT2D eigenvalue weighted by atomic mass is 16.5. The van der Waals surface area contributed by atoms with E-state index in [-0.39, 0.29) is 0 Å². The molecule has 5 heteroatoms. The highest BCUT2D eigenvalue weighted by Gasteiger charge is 2.08. The lowest BCUT2D eigenvalue weighted by Gasteiger charge is -2.20. The van der Waals surface area contributed by atoms with Crippen molar-refractivity contribution in [1.82, 2.24) is 9.88 Å². The summed E-state index contributed by atoms with van der Waals surface area (Å²) in [5.41, 5.74) is 6.67. The highest BCUT2D eigenvalue weighted by molar-refractivity contribution is 5.31. The summed E-state index contributed by atoms with van der Waals surface area (Å²) in [6.07, 6.45) is 1.22. The summed E-state index contributed by atoms with van der Waals surface area (Å²) in [6, 6.07) is 3.74. The minimum absolute atomic E-state index is 0.350. The van der Waals surface area contributed by atoms with Crippen molar-refractivity contribution in [1.29, 1.82) is 0 Å². The van der Waals surface area contributed by atoms with Crippen molar-refractivity contribution in [2.24, 2.45) is 0 Å². The van der Waals surface area contributed by atoms with Crippen LogP contribution in [-0.2, 0) is 11.3 Å². The van der Waals surface area contributed by atoms with Crippen LogP contribution in [0.15, 0.2) is 18.3 Å². The van der Waals surface area contributed by atoms with Gasteiger partial charge in [0.1, 0.15) is 5.82 Å². The van der Waals surface area contributed by atoms with Gasteiger partial charge in [0, 0.05) is 26.4 Å². The van der Waals surface area contributed by atoms with E-state index in [1.807, 2.05) is 24.1 Å². The van der Waals surface area contributed by atoms with Gasteiger partial charge in [0.05, 0.1) is 12.7 Å². The molecule has 1 heterocycles. The summed E-state index contributed by atoms with van der Waals surface area (Å²) in [6.45, 7) is 1.65.